The molecule has 1 saturated heterocycles. The molecular formula is C26H27FN6O3. The van der Waals surface area contributed by atoms with Gasteiger partial charge in [0.25, 0.3) is 0 Å². The first-order chi connectivity index (χ1) is 17.5. The number of piperidine rings is 1. The van der Waals surface area contributed by atoms with E-state index < -0.39 is 0 Å². The van der Waals surface area contributed by atoms with Gasteiger partial charge in [-0.1, -0.05) is 0 Å². The summed E-state index contributed by atoms with van der Waals surface area (Å²) in [5.41, 5.74) is 9.06. The number of hydrogen-bond donors (Lipinski definition) is 1. The molecule has 9 nitrogen and oxygen atoms in total. The van der Waals surface area contributed by atoms with Crippen molar-refractivity contribution in [3.63, 3.8) is 0 Å². The van der Waals surface area contributed by atoms with Gasteiger partial charge in [0.2, 0.25) is 5.95 Å². The minimum atomic E-state index is -0.346. The molecule has 3 heterocycles. The Morgan fingerprint density at radius 3 is 2.42 bits per heavy atom. The van der Waals surface area contributed by atoms with Crippen LogP contribution in [0.5, 0.6) is 5.75 Å². The van der Waals surface area contributed by atoms with Gasteiger partial charge in [-0.3, -0.25) is 4.79 Å². The van der Waals surface area contributed by atoms with Gasteiger partial charge >= 0.3 is 5.97 Å². The summed E-state index contributed by atoms with van der Waals surface area (Å²) in [7, 11) is 1.61. The van der Waals surface area contributed by atoms with Gasteiger partial charge in [0, 0.05) is 18.7 Å². The number of nitrogens with two attached hydrogens (primary N) is 1. The Kier molecular flexibility index (Phi) is 6.41. The van der Waals surface area contributed by atoms with E-state index in [1.165, 1.54) is 12.1 Å². The Morgan fingerprint density at radius 1 is 1.08 bits per heavy atom. The molecule has 0 spiro atoms. The van der Waals surface area contributed by atoms with E-state index in [2.05, 4.69) is 10.00 Å². The first kappa shape index (κ1) is 23.5. The zero-order valence-corrected chi connectivity index (χ0v) is 20.1. The van der Waals surface area contributed by atoms with Gasteiger partial charge in [-0.05, 0) is 68.3 Å². The number of halogens is 1. The first-order valence-corrected chi connectivity index (χ1v) is 11.9. The van der Waals surface area contributed by atoms with Crippen LogP contribution in [0.4, 0.5) is 16.2 Å². The highest BCUT2D eigenvalue weighted by molar-refractivity contribution is 5.99. The Bertz CT molecular complexity index is 1380. The van der Waals surface area contributed by atoms with Crippen LogP contribution in [0, 0.1) is 11.7 Å². The highest BCUT2D eigenvalue weighted by Crippen LogP contribution is 2.35. The maximum absolute atomic E-state index is 13.5. The number of methoxy groups -OCH3 is 1. The summed E-state index contributed by atoms with van der Waals surface area (Å²) in [6, 6.07) is 13.5. The number of benzene rings is 2. The molecule has 0 bridgehead atoms. The van der Waals surface area contributed by atoms with Crippen molar-refractivity contribution >= 4 is 28.8 Å². The summed E-state index contributed by atoms with van der Waals surface area (Å²) in [4.78, 5) is 23.9. The highest BCUT2D eigenvalue weighted by atomic mass is 19.1. The monoisotopic (exact) mass is 490 g/mol. The highest BCUT2D eigenvalue weighted by Gasteiger charge is 2.28. The molecule has 0 aliphatic carbocycles. The number of anilines is 2. The lowest BCUT2D eigenvalue weighted by Crippen LogP contribution is -2.38. The fourth-order valence-electron chi connectivity index (χ4n) is 4.45. The number of hydrogen-bond acceptors (Lipinski definition) is 8. The van der Waals surface area contributed by atoms with Crippen molar-refractivity contribution in [3.05, 3.63) is 54.3 Å². The largest absolute Gasteiger partial charge is 0.497 e. The molecular weight excluding hydrogens is 463 g/mol. The second kappa shape index (κ2) is 9.80. The van der Waals surface area contributed by atoms with Crippen LogP contribution in [0.3, 0.4) is 0 Å². The summed E-state index contributed by atoms with van der Waals surface area (Å²) in [6.45, 7) is 3.42. The van der Waals surface area contributed by atoms with Crippen LogP contribution >= 0.6 is 0 Å². The van der Waals surface area contributed by atoms with Gasteiger partial charge in [0.1, 0.15) is 17.4 Å². The molecule has 0 amide bonds. The number of aromatic nitrogens is 4. The van der Waals surface area contributed by atoms with E-state index in [1.807, 2.05) is 31.2 Å². The van der Waals surface area contributed by atoms with E-state index in [0.717, 1.165) is 11.3 Å². The van der Waals surface area contributed by atoms with E-state index in [4.69, 9.17) is 25.2 Å². The standard InChI is InChI=1S/C26H27FN6O3/c1-3-36-25(34)17-12-14-32(15-13-17)26-29-22(16-4-10-20(35-2)11-5-16)21-23(28)33(31-24(21)30-26)19-8-6-18(27)7-9-19/h4-11,17H,3,12-15,28H2,1-2H3. The van der Waals surface area contributed by atoms with Gasteiger partial charge in [-0.25, -0.2) is 14.1 Å². The van der Waals surface area contributed by atoms with Crippen LogP contribution < -0.4 is 15.4 Å². The molecule has 2 N–H and O–H groups in total. The van der Waals surface area contributed by atoms with Crippen molar-refractivity contribution in [2.75, 3.05) is 37.4 Å². The number of ether oxygens (including phenoxy) is 2. The first-order valence-electron chi connectivity index (χ1n) is 11.9. The fourth-order valence-corrected chi connectivity index (χ4v) is 4.45. The third-order valence-electron chi connectivity index (χ3n) is 6.39. The van der Waals surface area contributed by atoms with Crippen LogP contribution in [0.1, 0.15) is 19.8 Å². The molecule has 1 aliphatic rings. The Hall–Kier alpha value is -4.21. The van der Waals surface area contributed by atoms with Crippen LogP contribution in [0.15, 0.2) is 48.5 Å². The molecule has 0 atom stereocenters. The number of carbonyl (C=O) groups excluding carboxylic acids is 1. The molecule has 0 saturated carbocycles. The van der Waals surface area contributed by atoms with Crippen LogP contribution in [0.25, 0.3) is 28.0 Å². The van der Waals surface area contributed by atoms with Gasteiger partial charge in [-0.2, -0.15) is 4.98 Å². The van der Waals surface area contributed by atoms with Gasteiger partial charge in [0.05, 0.1) is 36.4 Å². The van der Waals surface area contributed by atoms with E-state index >= 15 is 0 Å². The van der Waals surface area contributed by atoms with Crippen molar-refractivity contribution in [2.24, 2.45) is 5.92 Å². The van der Waals surface area contributed by atoms with Gasteiger partial charge < -0.3 is 20.1 Å². The summed E-state index contributed by atoms with van der Waals surface area (Å²) in [5, 5.41) is 5.25. The van der Waals surface area contributed by atoms with Gasteiger partial charge in [-0.15, -0.1) is 5.10 Å². The number of rotatable bonds is 6. The van der Waals surface area contributed by atoms with Crippen molar-refractivity contribution in [1.82, 2.24) is 19.7 Å². The zero-order chi connectivity index (χ0) is 25.2. The van der Waals surface area contributed by atoms with Crippen molar-refractivity contribution in [3.8, 4) is 22.7 Å². The van der Waals surface area contributed by atoms with E-state index in [9.17, 15) is 9.18 Å². The summed E-state index contributed by atoms with van der Waals surface area (Å²) < 4.78 is 25.5. The lowest BCUT2D eigenvalue weighted by Gasteiger charge is -2.31. The maximum atomic E-state index is 13.5. The second-order valence-corrected chi connectivity index (χ2v) is 8.59. The Balaban J connectivity index is 1.58. The van der Waals surface area contributed by atoms with Crippen LogP contribution in [-0.2, 0) is 9.53 Å². The lowest BCUT2D eigenvalue weighted by atomic mass is 9.97. The van der Waals surface area contributed by atoms with E-state index in [0.29, 0.717) is 66.7 Å². The molecule has 10 heteroatoms. The smallest absolute Gasteiger partial charge is 0.309 e. The van der Waals surface area contributed by atoms with Crippen molar-refractivity contribution < 1.29 is 18.7 Å². The average molecular weight is 491 g/mol. The topological polar surface area (TPSA) is 108 Å². The average Bonchev–Trinajstić information content (AvgIpc) is 3.25. The molecule has 5 rings (SSSR count). The zero-order valence-electron chi connectivity index (χ0n) is 20.1. The molecule has 2 aromatic heterocycles. The molecule has 1 fully saturated rings. The van der Waals surface area contributed by atoms with Crippen LogP contribution in [0.2, 0.25) is 0 Å². The third-order valence-corrected chi connectivity index (χ3v) is 6.39. The number of carbonyl (C=O) groups is 1. The van der Waals surface area contributed by atoms with Crippen molar-refractivity contribution in [2.45, 2.75) is 19.8 Å². The third kappa shape index (κ3) is 4.41. The van der Waals surface area contributed by atoms with E-state index in [-0.39, 0.29) is 17.7 Å². The molecule has 0 unspecified atom stereocenters. The molecule has 0 radical (unpaired) electrons. The molecule has 2 aromatic carbocycles. The quantitative estimate of drug-likeness (QED) is 0.404. The Labute approximate surface area is 207 Å². The van der Waals surface area contributed by atoms with Crippen LogP contribution in [-0.4, -0.2) is 52.5 Å². The van der Waals surface area contributed by atoms with Gasteiger partial charge in [0.15, 0.2) is 5.65 Å². The predicted octanol–water partition coefficient (Wildman–Crippen LogP) is 3.99. The minimum absolute atomic E-state index is 0.126. The normalized spacial score (nSPS) is 14.2. The predicted molar refractivity (Wildman–Crippen MR) is 135 cm³/mol. The summed E-state index contributed by atoms with van der Waals surface area (Å²) in [5.74, 6) is 0.966. The number of nitrogen functional groups attached to an aromatic ring is 1. The molecule has 1 aliphatic heterocycles. The van der Waals surface area contributed by atoms with Crippen molar-refractivity contribution in [1.29, 1.82) is 0 Å². The number of fused-ring (bicyclic) bond motifs is 1. The molecule has 36 heavy (non-hydrogen) atoms. The summed E-state index contributed by atoms with van der Waals surface area (Å²) in [6.07, 6.45) is 1.31. The molecule has 4 aromatic rings. The Morgan fingerprint density at radius 2 is 1.78 bits per heavy atom. The number of esters is 1. The SMILES string of the molecule is CCOC(=O)C1CCN(c2nc(-c3ccc(OC)cc3)c3c(N)n(-c4ccc(F)cc4)nc3n2)CC1. The number of nitrogens with zero attached hydrogens (tertiary/aromatic N) is 5. The maximum Gasteiger partial charge on any atom is 0.309 e. The molecule has 186 valence electrons. The lowest BCUT2D eigenvalue weighted by molar-refractivity contribution is -0.148. The second-order valence-electron chi connectivity index (χ2n) is 8.59. The van der Waals surface area contributed by atoms with E-state index in [1.54, 1.807) is 23.9 Å². The summed E-state index contributed by atoms with van der Waals surface area (Å²) >= 11 is 0. The minimum Gasteiger partial charge on any atom is -0.497 e. The fraction of sp³-hybridized carbons (Fsp3) is 0.308.